The van der Waals surface area contributed by atoms with Crippen LogP contribution in [0.1, 0.15) is 0 Å². The summed E-state index contributed by atoms with van der Waals surface area (Å²) in [5.41, 5.74) is -0.572. The van der Waals surface area contributed by atoms with Gasteiger partial charge in [-0.3, -0.25) is 19.7 Å². The zero-order valence-electron chi connectivity index (χ0n) is 11.7. The van der Waals surface area contributed by atoms with E-state index < -0.39 is 60.8 Å². The molecule has 1 rings (SSSR count). The molecule has 0 aliphatic carbocycles. The number of non-ortho nitro benzene ring substituents is 1. The minimum absolute atomic E-state index is 0.572. The average Bonchev–Trinajstić information content (AvgIpc) is 2.49. The maximum atomic E-state index is 13.2. The highest BCUT2D eigenvalue weighted by Crippen LogP contribution is 2.35. The molecular formula is C12H6F7NO4S. The summed E-state index contributed by atoms with van der Waals surface area (Å²) >= 11 is 0. The number of halogens is 7. The largest absolute Gasteiger partial charge is 0.455 e. The van der Waals surface area contributed by atoms with Gasteiger partial charge >= 0.3 is 12.4 Å². The number of ketones is 2. The number of carbonyl (C=O) groups excluding carboxylic acids is 2. The van der Waals surface area contributed by atoms with E-state index in [0.717, 1.165) is 0 Å². The third kappa shape index (κ3) is 4.84. The molecule has 0 aliphatic heterocycles. The van der Waals surface area contributed by atoms with Crippen LogP contribution in [-0.4, -0.2) is 39.7 Å². The number of benzene rings is 1. The Morgan fingerprint density at radius 2 is 1.36 bits per heavy atom. The first kappa shape index (κ1) is 20.7. The number of carbonyl (C=O) groups is 2. The van der Waals surface area contributed by atoms with Crippen molar-refractivity contribution < 1.29 is 45.2 Å². The van der Waals surface area contributed by atoms with Gasteiger partial charge in [0.1, 0.15) is 10.9 Å². The second kappa shape index (κ2) is 7.29. The van der Waals surface area contributed by atoms with Gasteiger partial charge in [-0.1, -0.05) is 0 Å². The lowest BCUT2D eigenvalue weighted by Crippen LogP contribution is -2.42. The van der Waals surface area contributed by atoms with Gasteiger partial charge < -0.3 is 0 Å². The molecule has 1 atom stereocenters. The molecule has 0 amide bonds. The van der Waals surface area contributed by atoms with Crippen LogP contribution >= 0.6 is 10.5 Å². The summed E-state index contributed by atoms with van der Waals surface area (Å²) in [7, 11) is -2.82. The molecule has 0 heterocycles. The Hall–Kier alpha value is -2.31. The second-order valence-electron chi connectivity index (χ2n) is 4.23. The fourth-order valence-corrected chi connectivity index (χ4v) is 3.17. The van der Waals surface area contributed by atoms with Gasteiger partial charge in [-0.2, -0.15) is 26.3 Å². The minimum Gasteiger partial charge on any atom is -0.283 e. The Bertz CT molecular complexity index is 709. The summed E-state index contributed by atoms with van der Waals surface area (Å²) in [6.45, 7) is 0. The molecule has 0 saturated heterocycles. The first-order valence-corrected chi connectivity index (χ1v) is 7.31. The van der Waals surface area contributed by atoms with Gasteiger partial charge in [0, 0.05) is 17.0 Å². The van der Waals surface area contributed by atoms with Crippen molar-refractivity contribution in [3.8, 4) is 0 Å². The lowest BCUT2D eigenvalue weighted by atomic mass is 10.2. The zero-order chi connectivity index (χ0) is 19.6. The summed E-state index contributed by atoms with van der Waals surface area (Å²) in [5.74, 6) is -6.23. The SMILES string of the molecule is O=C(C(C(=O)C(F)(F)F)=S(CF)c1ccc([N+](=O)[O-])cc1)C(F)(F)F. The first-order valence-electron chi connectivity index (χ1n) is 5.92. The van der Waals surface area contributed by atoms with Crippen molar-refractivity contribution >= 4 is 32.6 Å². The number of nitrogens with zero attached hydrogens (tertiary/aromatic N) is 1. The van der Waals surface area contributed by atoms with E-state index >= 15 is 0 Å². The highest BCUT2D eigenvalue weighted by atomic mass is 32.2. The van der Waals surface area contributed by atoms with E-state index in [0.29, 0.717) is 24.3 Å². The van der Waals surface area contributed by atoms with Crippen molar-refractivity contribution in [3.63, 3.8) is 0 Å². The van der Waals surface area contributed by atoms with Crippen molar-refractivity contribution in [2.45, 2.75) is 17.2 Å². The van der Waals surface area contributed by atoms with E-state index in [4.69, 9.17) is 0 Å². The summed E-state index contributed by atoms with van der Waals surface area (Å²) < 4.78 is 88.4. The maximum Gasteiger partial charge on any atom is 0.455 e. The van der Waals surface area contributed by atoms with Crippen molar-refractivity contribution in [2.75, 3.05) is 6.01 Å². The fourth-order valence-electron chi connectivity index (χ4n) is 1.55. The molecular weight excluding hydrogens is 387 g/mol. The first-order chi connectivity index (χ1) is 11.3. The summed E-state index contributed by atoms with van der Waals surface area (Å²) in [4.78, 5) is 29.2. The van der Waals surface area contributed by atoms with Crippen LogP contribution in [-0.2, 0) is 9.59 Å². The highest BCUT2D eigenvalue weighted by molar-refractivity contribution is 8.18. The molecule has 0 fully saturated rings. The van der Waals surface area contributed by atoms with E-state index in [-0.39, 0.29) is 0 Å². The second-order valence-corrected chi connectivity index (χ2v) is 6.11. The van der Waals surface area contributed by atoms with Crippen LogP contribution in [0.25, 0.3) is 0 Å². The van der Waals surface area contributed by atoms with Crippen LogP contribution in [0.15, 0.2) is 29.2 Å². The number of alkyl halides is 7. The summed E-state index contributed by atoms with van der Waals surface area (Å²) in [6.07, 6.45) is -11.7. The molecule has 1 aromatic carbocycles. The number of nitro groups is 1. The Morgan fingerprint density at radius 3 is 1.64 bits per heavy atom. The molecule has 138 valence electrons. The fraction of sp³-hybridized carbons (Fsp3) is 0.250. The molecule has 0 aliphatic rings. The van der Waals surface area contributed by atoms with E-state index in [2.05, 4.69) is 0 Å². The molecule has 5 nitrogen and oxygen atoms in total. The average molecular weight is 393 g/mol. The quantitative estimate of drug-likeness (QED) is 0.252. The van der Waals surface area contributed by atoms with Gasteiger partial charge in [-0.25, -0.2) is 4.39 Å². The van der Waals surface area contributed by atoms with Crippen LogP contribution in [0.3, 0.4) is 0 Å². The summed E-state index contributed by atoms with van der Waals surface area (Å²) in [6, 6.07) is 0.830. The van der Waals surface area contributed by atoms with Crippen LogP contribution in [0.4, 0.5) is 36.4 Å². The Labute approximate surface area is 136 Å². The van der Waals surface area contributed by atoms with Crippen LogP contribution in [0.2, 0.25) is 0 Å². The molecule has 0 spiro atoms. The molecule has 0 aromatic heterocycles. The van der Waals surface area contributed by atoms with E-state index in [1.165, 1.54) is 0 Å². The molecule has 13 heteroatoms. The predicted octanol–water partition coefficient (Wildman–Crippen LogP) is 3.58. The van der Waals surface area contributed by atoms with Crippen LogP contribution < -0.4 is 0 Å². The van der Waals surface area contributed by atoms with Gasteiger partial charge in [-0.15, -0.1) is 10.5 Å². The van der Waals surface area contributed by atoms with Crippen LogP contribution in [0, 0.1) is 10.1 Å². The maximum absolute atomic E-state index is 13.2. The van der Waals surface area contributed by atoms with Crippen molar-refractivity contribution in [3.05, 3.63) is 34.4 Å². The molecule has 1 aromatic rings. The zero-order valence-corrected chi connectivity index (χ0v) is 12.5. The number of nitro benzene ring substituents is 1. The van der Waals surface area contributed by atoms with Crippen LogP contribution in [0.5, 0.6) is 0 Å². The predicted molar refractivity (Wildman–Crippen MR) is 72.1 cm³/mol. The minimum atomic E-state index is -5.84. The van der Waals surface area contributed by atoms with E-state index in [1.807, 2.05) is 0 Å². The lowest BCUT2D eigenvalue weighted by Gasteiger charge is -2.15. The standard InChI is InChI=1S/C12H6F7NO4S/c13-5-25(7-3-1-6(2-4-7)20(23)24)8(9(21)11(14,15)16)10(22)12(17,18)19/h1-4H,5H2. The Balaban J connectivity index is 3.67. The molecule has 25 heavy (non-hydrogen) atoms. The highest BCUT2D eigenvalue weighted by Gasteiger charge is 2.51. The number of Topliss-reactive ketones (excluding diaryl/α,β-unsaturated/α-hetero) is 2. The summed E-state index contributed by atoms with van der Waals surface area (Å²) in [5, 5.41) is 10.5. The topological polar surface area (TPSA) is 77.3 Å². The van der Waals surface area contributed by atoms with Gasteiger partial charge in [0.15, 0.2) is 0 Å². The van der Waals surface area contributed by atoms with Gasteiger partial charge in [0.05, 0.1) is 4.92 Å². The van der Waals surface area contributed by atoms with E-state index in [1.54, 1.807) is 0 Å². The van der Waals surface area contributed by atoms with Gasteiger partial charge in [0.2, 0.25) is 0 Å². The molecule has 0 radical (unpaired) electrons. The smallest absolute Gasteiger partial charge is 0.283 e. The monoisotopic (exact) mass is 393 g/mol. The third-order valence-electron chi connectivity index (χ3n) is 2.61. The normalized spacial score (nSPS) is 13.2. The van der Waals surface area contributed by atoms with Crippen molar-refractivity contribution in [1.82, 2.24) is 0 Å². The number of hydrogen-bond acceptors (Lipinski definition) is 4. The molecule has 0 saturated carbocycles. The van der Waals surface area contributed by atoms with Crippen molar-refractivity contribution in [2.24, 2.45) is 0 Å². The van der Waals surface area contributed by atoms with E-state index in [9.17, 15) is 50.4 Å². The lowest BCUT2D eigenvalue weighted by molar-refractivity contribution is -0.384. The Morgan fingerprint density at radius 1 is 0.960 bits per heavy atom. The van der Waals surface area contributed by atoms with Gasteiger partial charge in [0.25, 0.3) is 17.3 Å². The Kier molecular flexibility index (Phi) is 6.05. The molecule has 0 bridgehead atoms. The molecule has 0 N–H and O–H groups in total. The van der Waals surface area contributed by atoms with Gasteiger partial charge in [-0.05, 0) is 12.1 Å². The molecule has 1 unspecified atom stereocenters. The number of rotatable bonds is 5. The van der Waals surface area contributed by atoms with Crippen molar-refractivity contribution in [1.29, 1.82) is 0 Å². The number of hydrogen-bond donors (Lipinski definition) is 0. The third-order valence-corrected chi connectivity index (χ3v) is 4.54.